The van der Waals surface area contributed by atoms with Gasteiger partial charge in [-0.2, -0.15) is 5.10 Å². The molecule has 7 heteroatoms. The Labute approximate surface area is 209 Å². The SMILES string of the molecule is Cc1ccc(Cn2nc(C)c(C(=O)Nc3ccc(C(=O)N4CCc5ccccc54)cc3)c2Cl)cc1. The van der Waals surface area contributed by atoms with Gasteiger partial charge in [0.05, 0.1) is 17.8 Å². The molecule has 0 aliphatic carbocycles. The average molecular weight is 485 g/mol. The van der Waals surface area contributed by atoms with Gasteiger partial charge >= 0.3 is 0 Å². The molecular weight excluding hydrogens is 460 g/mol. The lowest BCUT2D eigenvalue weighted by Crippen LogP contribution is -2.28. The Morgan fingerprint density at radius 3 is 2.43 bits per heavy atom. The van der Waals surface area contributed by atoms with Gasteiger partial charge in [-0.05, 0) is 61.7 Å². The molecule has 176 valence electrons. The van der Waals surface area contributed by atoms with Crippen molar-refractivity contribution in [3.05, 3.63) is 111 Å². The van der Waals surface area contributed by atoms with Crippen molar-refractivity contribution < 1.29 is 9.59 Å². The number of anilines is 2. The fourth-order valence-electron chi connectivity index (χ4n) is 4.38. The molecular formula is C28H25ClN4O2. The van der Waals surface area contributed by atoms with Crippen LogP contribution < -0.4 is 10.2 Å². The number of aromatic nitrogens is 2. The standard InChI is InChI=1S/C28H25ClN4O2/c1-18-7-9-20(10-8-18)17-33-26(29)25(19(2)31-33)27(34)30-23-13-11-22(12-14-23)28(35)32-16-15-21-5-3-4-6-24(21)32/h3-14H,15-17H2,1-2H3,(H,30,34). The maximum atomic E-state index is 13.0. The zero-order chi connectivity index (χ0) is 24.5. The molecule has 35 heavy (non-hydrogen) atoms. The summed E-state index contributed by atoms with van der Waals surface area (Å²) in [4.78, 5) is 27.8. The first-order chi connectivity index (χ1) is 16.9. The molecule has 0 bridgehead atoms. The molecule has 0 radical (unpaired) electrons. The molecule has 0 saturated heterocycles. The van der Waals surface area contributed by atoms with Crippen molar-refractivity contribution in [3.8, 4) is 0 Å². The van der Waals surface area contributed by atoms with Crippen LogP contribution >= 0.6 is 11.6 Å². The summed E-state index contributed by atoms with van der Waals surface area (Å²) in [6.07, 6.45) is 0.855. The average Bonchev–Trinajstić information content (AvgIpc) is 3.41. The largest absolute Gasteiger partial charge is 0.322 e. The first-order valence-electron chi connectivity index (χ1n) is 11.5. The number of halogens is 1. The molecule has 2 heterocycles. The van der Waals surface area contributed by atoms with Crippen LogP contribution in [0.15, 0.2) is 72.8 Å². The van der Waals surface area contributed by atoms with Crippen molar-refractivity contribution in [2.24, 2.45) is 0 Å². The Kier molecular flexibility index (Phi) is 6.14. The van der Waals surface area contributed by atoms with Crippen LogP contribution in [0.5, 0.6) is 0 Å². The predicted octanol–water partition coefficient (Wildman–Crippen LogP) is 5.66. The highest BCUT2D eigenvalue weighted by Gasteiger charge is 2.25. The molecule has 6 nitrogen and oxygen atoms in total. The van der Waals surface area contributed by atoms with E-state index in [1.54, 1.807) is 40.8 Å². The fourth-order valence-corrected chi connectivity index (χ4v) is 4.70. The summed E-state index contributed by atoms with van der Waals surface area (Å²) in [6, 6.07) is 23.0. The van der Waals surface area contributed by atoms with E-state index in [9.17, 15) is 9.59 Å². The van der Waals surface area contributed by atoms with Crippen molar-refractivity contribution >= 4 is 34.8 Å². The molecule has 1 N–H and O–H groups in total. The van der Waals surface area contributed by atoms with Gasteiger partial charge in [0, 0.05) is 23.5 Å². The highest BCUT2D eigenvalue weighted by Crippen LogP contribution is 2.29. The van der Waals surface area contributed by atoms with Crippen LogP contribution in [0, 0.1) is 13.8 Å². The Morgan fingerprint density at radius 1 is 0.971 bits per heavy atom. The first kappa shape index (κ1) is 22.9. The molecule has 5 rings (SSSR count). The number of nitrogens with one attached hydrogen (secondary N) is 1. The Morgan fingerprint density at radius 2 is 1.69 bits per heavy atom. The molecule has 0 spiro atoms. The van der Waals surface area contributed by atoms with Gasteiger partial charge in [0.25, 0.3) is 11.8 Å². The van der Waals surface area contributed by atoms with E-state index in [2.05, 4.69) is 16.5 Å². The molecule has 0 unspecified atom stereocenters. The van der Waals surface area contributed by atoms with E-state index in [-0.39, 0.29) is 11.8 Å². The van der Waals surface area contributed by atoms with Crippen LogP contribution in [0.2, 0.25) is 5.15 Å². The van der Waals surface area contributed by atoms with Gasteiger partial charge in [0.15, 0.2) is 0 Å². The number of hydrogen-bond acceptors (Lipinski definition) is 3. The van der Waals surface area contributed by atoms with E-state index in [1.807, 2.05) is 49.4 Å². The minimum atomic E-state index is -0.338. The summed E-state index contributed by atoms with van der Waals surface area (Å²) < 4.78 is 1.63. The van der Waals surface area contributed by atoms with E-state index in [0.29, 0.717) is 40.8 Å². The smallest absolute Gasteiger partial charge is 0.260 e. The van der Waals surface area contributed by atoms with Gasteiger partial charge in [-0.25, -0.2) is 4.68 Å². The number of fused-ring (bicyclic) bond motifs is 1. The van der Waals surface area contributed by atoms with Gasteiger partial charge < -0.3 is 10.2 Å². The second-order valence-corrected chi connectivity index (χ2v) is 9.12. The van der Waals surface area contributed by atoms with E-state index < -0.39 is 0 Å². The maximum Gasteiger partial charge on any atom is 0.260 e. The third kappa shape index (κ3) is 4.57. The van der Waals surface area contributed by atoms with Gasteiger partial charge in [-0.15, -0.1) is 0 Å². The molecule has 0 fully saturated rings. The normalized spacial score (nSPS) is 12.5. The summed E-state index contributed by atoms with van der Waals surface area (Å²) in [7, 11) is 0. The molecule has 0 atom stereocenters. The van der Waals surface area contributed by atoms with Gasteiger partial charge in [-0.3, -0.25) is 9.59 Å². The van der Waals surface area contributed by atoms with Gasteiger partial charge in [-0.1, -0.05) is 59.6 Å². The van der Waals surface area contributed by atoms with E-state index in [4.69, 9.17) is 11.6 Å². The predicted molar refractivity (Wildman–Crippen MR) is 138 cm³/mol. The zero-order valence-corrected chi connectivity index (χ0v) is 20.3. The molecule has 1 aromatic heterocycles. The lowest BCUT2D eigenvalue weighted by molar-refractivity contribution is 0.0988. The summed E-state index contributed by atoms with van der Waals surface area (Å²) in [5.41, 5.74) is 6.41. The number of amides is 2. The third-order valence-corrected chi connectivity index (χ3v) is 6.65. The highest BCUT2D eigenvalue weighted by molar-refractivity contribution is 6.33. The lowest BCUT2D eigenvalue weighted by Gasteiger charge is -2.17. The summed E-state index contributed by atoms with van der Waals surface area (Å²) in [6.45, 7) is 4.94. The number of rotatable bonds is 5. The molecule has 2 amide bonds. The molecule has 0 saturated carbocycles. The Bertz CT molecular complexity index is 1410. The van der Waals surface area contributed by atoms with Crippen LogP contribution in [0.4, 0.5) is 11.4 Å². The second-order valence-electron chi connectivity index (χ2n) is 8.76. The van der Waals surface area contributed by atoms with E-state index in [0.717, 1.165) is 17.7 Å². The number of aryl methyl sites for hydroxylation is 2. The number of nitrogens with zero attached hydrogens (tertiary/aromatic N) is 3. The van der Waals surface area contributed by atoms with Crippen LogP contribution in [-0.4, -0.2) is 28.1 Å². The van der Waals surface area contributed by atoms with E-state index in [1.165, 1.54) is 11.1 Å². The highest BCUT2D eigenvalue weighted by atomic mass is 35.5. The maximum absolute atomic E-state index is 13.0. The monoisotopic (exact) mass is 484 g/mol. The number of carbonyl (C=O) groups is 2. The topological polar surface area (TPSA) is 67.2 Å². The van der Waals surface area contributed by atoms with Crippen molar-refractivity contribution in [1.82, 2.24) is 9.78 Å². The van der Waals surface area contributed by atoms with Gasteiger partial charge in [0.2, 0.25) is 0 Å². The van der Waals surface area contributed by atoms with Crippen molar-refractivity contribution in [3.63, 3.8) is 0 Å². The van der Waals surface area contributed by atoms with Crippen LogP contribution in [0.1, 0.15) is 43.1 Å². The molecule has 1 aliphatic rings. The fraction of sp³-hybridized carbons (Fsp3) is 0.179. The van der Waals surface area contributed by atoms with Crippen LogP contribution in [0.3, 0.4) is 0 Å². The summed E-state index contributed by atoms with van der Waals surface area (Å²) >= 11 is 6.54. The second kappa shape index (κ2) is 9.39. The van der Waals surface area contributed by atoms with Crippen molar-refractivity contribution in [2.45, 2.75) is 26.8 Å². The molecule has 4 aromatic rings. The number of hydrogen-bond donors (Lipinski definition) is 1. The molecule has 1 aliphatic heterocycles. The van der Waals surface area contributed by atoms with E-state index >= 15 is 0 Å². The Hall–Kier alpha value is -3.90. The lowest BCUT2D eigenvalue weighted by atomic mass is 10.1. The number of benzene rings is 3. The first-order valence-corrected chi connectivity index (χ1v) is 11.9. The van der Waals surface area contributed by atoms with Crippen molar-refractivity contribution in [2.75, 3.05) is 16.8 Å². The van der Waals surface area contributed by atoms with Gasteiger partial charge in [0.1, 0.15) is 5.15 Å². The van der Waals surface area contributed by atoms with Crippen LogP contribution in [0.25, 0.3) is 0 Å². The summed E-state index contributed by atoms with van der Waals surface area (Å²) in [5, 5.41) is 7.63. The zero-order valence-electron chi connectivity index (χ0n) is 19.6. The minimum Gasteiger partial charge on any atom is -0.322 e. The van der Waals surface area contributed by atoms with Crippen LogP contribution in [-0.2, 0) is 13.0 Å². The number of carbonyl (C=O) groups excluding carboxylic acids is 2. The number of para-hydroxylation sites is 1. The minimum absolute atomic E-state index is 0.0518. The quantitative estimate of drug-likeness (QED) is 0.397. The Balaban J connectivity index is 1.29. The third-order valence-electron chi connectivity index (χ3n) is 6.27. The van der Waals surface area contributed by atoms with Crippen molar-refractivity contribution in [1.29, 1.82) is 0 Å². The summed E-state index contributed by atoms with van der Waals surface area (Å²) in [5.74, 6) is -0.390. The molecule has 3 aromatic carbocycles.